The van der Waals surface area contributed by atoms with Crippen LogP contribution in [0.25, 0.3) is 0 Å². The van der Waals surface area contributed by atoms with Crippen LogP contribution in [0.1, 0.15) is 15.2 Å². The lowest BCUT2D eigenvalue weighted by Crippen LogP contribution is -2.44. The monoisotopic (exact) mass is 333 g/mol. The minimum absolute atomic E-state index is 0.125. The maximum absolute atomic E-state index is 12.0. The zero-order valence-electron chi connectivity index (χ0n) is 12.5. The smallest absolute Gasteiger partial charge is 0.251 e. The van der Waals surface area contributed by atoms with Gasteiger partial charge in [-0.2, -0.15) is 0 Å². The van der Waals surface area contributed by atoms with Gasteiger partial charge in [-0.3, -0.25) is 9.78 Å². The predicted molar refractivity (Wildman–Crippen MR) is 87.3 cm³/mol. The Hall–Kier alpha value is -1.80. The third-order valence-electron chi connectivity index (χ3n) is 3.81. The summed E-state index contributed by atoms with van der Waals surface area (Å²) in [4.78, 5) is 17.1. The van der Waals surface area contributed by atoms with Gasteiger partial charge in [-0.1, -0.05) is 6.07 Å². The van der Waals surface area contributed by atoms with Gasteiger partial charge in [0, 0.05) is 35.9 Å². The summed E-state index contributed by atoms with van der Waals surface area (Å²) in [5.74, 6) is -0.196. The van der Waals surface area contributed by atoms with Gasteiger partial charge in [0.05, 0.1) is 18.8 Å². The lowest BCUT2D eigenvalue weighted by atomic mass is 10.1. The number of pyridine rings is 1. The number of hydrogen-bond acceptors (Lipinski definition) is 6. The molecule has 0 radical (unpaired) electrons. The molecule has 0 aliphatic carbocycles. The second-order valence-corrected chi connectivity index (χ2v) is 6.41. The van der Waals surface area contributed by atoms with Crippen molar-refractivity contribution in [2.75, 3.05) is 13.2 Å². The molecule has 1 aliphatic rings. The van der Waals surface area contributed by atoms with Crippen LogP contribution in [0.15, 0.2) is 42.0 Å². The Balaban J connectivity index is 1.45. The molecule has 1 aliphatic heterocycles. The number of aliphatic hydroxyl groups excluding tert-OH is 1. The SMILES string of the molecule is O=C(NC[C@H]1OC[C@@H](NCc2cccs2)[C@@H]1O)c1ccncc1. The van der Waals surface area contributed by atoms with Gasteiger partial charge in [0.2, 0.25) is 0 Å². The first-order valence-electron chi connectivity index (χ1n) is 7.47. The van der Waals surface area contributed by atoms with Crippen LogP contribution in [0.2, 0.25) is 0 Å². The Morgan fingerprint density at radius 3 is 2.96 bits per heavy atom. The van der Waals surface area contributed by atoms with E-state index in [-0.39, 0.29) is 18.5 Å². The number of carbonyl (C=O) groups excluding carboxylic acids is 1. The van der Waals surface area contributed by atoms with Gasteiger partial charge in [-0.15, -0.1) is 11.3 Å². The minimum Gasteiger partial charge on any atom is -0.389 e. The van der Waals surface area contributed by atoms with E-state index in [1.54, 1.807) is 35.9 Å². The summed E-state index contributed by atoms with van der Waals surface area (Å²) in [5, 5.41) is 18.4. The molecule has 1 saturated heterocycles. The lowest BCUT2D eigenvalue weighted by molar-refractivity contribution is 0.0398. The largest absolute Gasteiger partial charge is 0.389 e. The number of carbonyl (C=O) groups is 1. The van der Waals surface area contributed by atoms with E-state index >= 15 is 0 Å². The molecule has 6 nitrogen and oxygen atoms in total. The first kappa shape index (κ1) is 16.1. The molecule has 3 heterocycles. The molecule has 3 N–H and O–H groups in total. The molecule has 0 spiro atoms. The summed E-state index contributed by atoms with van der Waals surface area (Å²) >= 11 is 1.67. The highest BCUT2D eigenvalue weighted by molar-refractivity contribution is 7.09. The fourth-order valence-electron chi connectivity index (χ4n) is 2.49. The zero-order valence-corrected chi connectivity index (χ0v) is 13.3. The third-order valence-corrected chi connectivity index (χ3v) is 4.68. The van der Waals surface area contributed by atoms with Crippen LogP contribution in [0, 0.1) is 0 Å². The summed E-state index contributed by atoms with van der Waals surface area (Å²) in [6, 6.07) is 7.21. The highest BCUT2D eigenvalue weighted by atomic mass is 32.1. The van der Waals surface area contributed by atoms with Gasteiger partial charge >= 0.3 is 0 Å². The van der Waals surface area contributed by atoms with Crippen molar-refractivity contribution in [2.24, 2.45) is 0 Å². The quantitative estimate of drug-likeness (QED) is 0.728. The van der Waals surface area contributed by atoms with Crippen LogP contribution in [0.4, 0.5) is 0 Å². The molecule has 0 bridgehead atoms. The van der Waals surface area contributed by atoms with Crippen LogP contribution < -0.4 is 10.6 Å². The van der Waals surface area contributed by atoms with Crippen LogP contribution in [0.5, 0.6) is 0 Å². The normalized spacial score (nSPS) is 23.8. The molecule has 23 heavy (non-hydrogen) atoms. The third kappa shape index (κ3) is 4.14. The number of thiophene rings is 1. The Kier molecular flexibility index (Phi) is 5.35. The Morgan fingerprint density at radius 1 is 1.39 bits per heavy atom. The molecule has 1 fully saturated rings. The summed E-state index contributed by atoms with van der Waals surface area (Å²) < 4.78 is 5.60. The molecular weight excluding hydrogens is 314 g/mol. The van der Waals surface area contributed by atoms with Crippen molar-refractivity contribution < 1.29 is 14.6 Å². The van der Waals surface area contributed by atoms with Gasteiger partial charge < -0.3 is 20.5 Å². The lowest BCUT2D eigenvalue weighted by Gasteiger charge is -2.18. The van der Waals surface area contributed by atoms with Crippen molar-refractivity contribution >= 4 is 17.2 Å². The summed E-state index contributed by atoms with van der Waals surface area (Å²) in [6.07, 6.45) is 2.09. The highest BCUT2D eigenvalue weighted by Gasteiger charge is 2.35. The average Bonchev–Trinajstić information content (AvgIpc) is 3.22. The molecule has 122 valence electrons. The number of nitrogens with zero attached hydrogens (tertiary/aromatic N) is 1. The second kappa shape index (κ2) is 7.65. The van der Waals surface area contributed by atoms with Crippen LogP contribution in [-0.2, 0) is 11.3 Å². The molecular formula is C16H19N3O3S. The molecule has 0 unspecified atom stereocenters. The predicted octanol–water partition coefficient (Wildman–Crippen LogP) is 0.791. The number of nitrogens with one attached hydrogen (secondary N) is 2. The van der Waals surface area contributed by atoms with Crippen LogP contribution >= 0.6 is 11.3 Å². The van der Waals surface area contributed by atoms with Crippen LogP contribution in [-0.4, -0.2) is 47.4 Å². The summed E-state index contributed by atoms with van der Waals surface area (Å²) in [5.41, 5.74) is 0.542. The van der Waals surface area contributed by atoms with E-state index in [2.05, 4.69) is 15.6 Å². The van der Waals surface area contributed by atoms with Gasteiger partial charge in [0.25, 0.3) is 5.91 Å². The molecule has 2 aromatic heterocycles. The van der Waals surface area contributed by atoms with E-state index in [1.165, 1.54) is 4.88 Å². The standard InChI is InChI=1S/C16H19N3O3S/c20-15-13(18-8-12-2-1-7-23-12)10-22-14(15)9-19-16(21)11-3-5-17-6-4-11/h1-7,13-15,18,20H,8-10H2,(H,19,21)/t13-,14-,15+/m1/s1. The molecule has 2 aromatic rings. The molecule has 3 atom stereocenters. The van der Waals surface area contributed by atoms with Gasteiger partial charge in [-0.05, 0) is 23.6 Å². The number of aromatic nitrogens is 1. The van der Waals surface area contributed by atoms with Crippen molar-refractivity contribution in [1.82, 2.24) is 15.6 Å². The highest BCUT2D eigenvalue weighted by Crippen LogP contribution is 2.16. The Labute approximate surface area is 138 Å². The Morgan fingerprint density at radius 2 is 2.22 bits per heavy atom. The molecule has 7 heteroatoms. The van der Waals surface area contributed by atoms with E-state index in [4.69, 9.17) is 4.74 Å². The topological polar surface area (TPSA) is 83.5 Å². The minimum atomic E-state index is -0.646. The molecule has 0 saturated carbocycles. The average molecular weight is 333 g/mol. The van der Waals surface area contributed by atoms with E-state index < -0.39 is 12.2 Å². The summed E-state index contributed by atoms with van der Waals surface area (Å²) in [7, 11) is 0. The maximum atomic E-state index is 12.0. The number of aliphatic hydroxyl groups is 1. The fraction of sp³-hybridized carbons (Fsp3) is 0.375. The van der Waals surface area contributed by atoms with Gasteiger partial charge in [0.15, 0.2) is 0 Å². The van der Waals surface area contributed by atoms with Gasteiger partial charge in [-0.25, -0.2) is 0 Å². The fourth-order valence-corrected chi connectivity index (χ4v) is 3.14. The van der Waals surface area contributed by atoms with Crippen molar-refractivity contribution in [3.63, 3.8) is 0 Å². The van der Waals surface area contributed by atoms with E-state index in [0.29, 0.717) is 18.7 Å². The van der Waals surface area contributed by atoms with E-state index in [0.717, 1.165) is 0 Å². The van der Waals surface area contributed by atoms with E-state index in [9.17, 15) is 9.90 Å². The maximum Gasteiger partial charge on any atom is 0.251 e. The number of ether oxygens (including phenoxy) is 1. The zero-order chi connectivity index (χ0) is 16.1. The number of hydrogen-bond donors (Lipinski definition) is 3. The van der Waals surface area contributed by atoms with Crippen molar-refractivity contribution in [1.29, 1.82) is 0 Å². The Bertz CT molecular complexity index is 621. The van der Waals surface area contributed by atoms with Crippen molar-refractivity contribution in [3.05, 3.63) is 52.5 Å². The first-order valence-corrected chi connectivity index (χ1v) is 8.35. The van der Waals surface area contributed by atoms with Crippen molar-refractivity contribution in [3.8, 4) is 0 Å². The molecule has 3 rings (SSSR count). The second-order valence-electron chi connectivity index (χ2n) is 5.38. The number of amides is 1. The first-order chi connectivity index (χ1) is 11.2. The molecule has 1 amide bonds. The number of rotatable bonds is 6. The van der Waals surface area contributed by atoms with Crippen LogP contribution in [0.3, 0.4) is 0 Å². The van der Waals surface area contributed by atoms with Crippen molar-refractivity contribution in [2.45, 2.75) is 24.8 Å². The van der Waals surface area contributed by atoms with Gasteiger partial charge in [0.1, 0.15) is 6.10 Å². The van der Waals surface area contributed by atoms with E-state index in [1.807, 2.05) is 17.5 Å². The molecule has 0 aromatic carbocycles. The summed E-state index contributed by atoms with van der Waals surface area (Å²) in [6.45, 7) is 1.42.